The van der Waals surface area contributed by atoms with Crippen LogP contribution in [-0.2, 0) is 20.7 Å². The number of carbonyl (C=O) groups is 1. The highest BCUT2D eigenvalue weighted by molar-refractivity contribution is 5.75. The Bertz CT molecular complexity index is 357. The number of hydrogen-bond acceptors (Lipinski definition) is 3. The number of esters is 1. The van der Waals surface area contributed by atoms with Crippen LogP contribution >= 0.6 is 0 Å². The van der Waals surface area contributed by atoms with Gasteiger partial charge in [0.1, 0.15) is 0 Å². The number of aryl methyl sites for hydroxylation is 1. The second-order valence-electron chi connectivity index (χ2n) is 5.02. The molecule has 1 aromatic carbocycles. The number of hydrogen-bond donors (Lipinski definition) is 0. The molecule has 0 aliphatic heterocycles. The third-order valence-corrected chi connectivity index (χ3v) is 2.80. The summed E-state index contributed by atoms with van der Waals surface area (Å²) in [6.45, 7) is 4.72. The maximum atomic E-state index is 11.4. The molecule has 0 spiro atoms. The Kier molecular flexibility index (Phi) is 5.86. The van der Waals surface area contributed by atoms with Gasteiger partial charge in [-0.25, -0.2) is 0 Å². The van der Waals surface area contributed by atoms with Crippen LogP contribution in [0.3, 0.4) is 0 Å². The average Bonchev–Trinajstić information content (AvgIpc) is 2.38. The van der Waals surface area contributed by atoms with Crippen molar-refractivity contribution in [2.24, 2.45) is 5.41 Å². The van der Waals surface area contributed by atoms with E-state index in [-0.39, 0.29) is 5.97 Å². The Balaban J connectivity index is 2.17. The molecular formula is C15H22O3. The molecule has 0 aliphatic carbocycles. The fourth-order valence-corrected chi connectivity index (χ4v) is 1.69. The number of methoxy groups -OCH3 is 1. The molecule has 3 nitrogen and oxygen atoms in total. The van der Waals surface area contributed by atoms with Gasteiger partial charge in [0.25, 0.3) is 0 Å². The van der Waals surface area contributed by atoms with E-state index in [9.17, 15) is 4.79 Å². The summed E-state index contributed by atoms with van der Waals surface area (Å²) >= 11 is 0. The van der Waals surface area contributed by atoms with Gasteiger partial charge in [-0.1, -0.05) is 30.3 Å². The Morgan fingerprint density at radius 3 is 2.50 bits per heavy atom. The molecule has 1 aromatic rings. The third kappa shape index (κ3) is 4.88. The van der Waals surface area contributed by atoms with E-state index in [1.54, 1.807) is 0 Å². The zero-order valence-electron chi connectivity index (χ0n) is 11.4. The van der Waals surface area contributed by atoms with Crippen LogP contribution in [0, 0.1) is 5.41 Å². The fourth-order valence-electron chi connectivity index (χ4n) is 1.69. The maximum absolute atomic E-state index is 11.4. The molecule has 100 valence electrons. The van der Waals surface area contributed by atoms with Gasteiger partial charge in [0.15, 0.2) is 0 Å². The Morgan fingerprint density at radius 1 is 1.22 bits per heavy atom. The van der Waals surface area contributed by atoms with Crippen molar-refractivity contribution in [1.29, 1.82) is 0 Å². The molecule has 0 amide bonds. The molecule has 0 saturated heterocycles. The third-order valence-electron chi connectivity index (χ3n) is 2.80. The van der Waals surface area contributed by atoms with Gasteiger partial charge < -0.3 is 9.47 Å². The highest BCUT2D eigenvalue weighted by Crippen LogP contribution is 2.17. The largest absolute Gasteiger partial charge is 0.469 e. The predicted molar refractivity (Wildman–Crippen MR) is 71.4 cm³/mol. The smallest absolute Gasteiger partial charge is 0.313 e. The molecular weight excluding hydrogens is 228 g/mol. The van der Waals surface area contributed by atoms with E-state index in [4.69, 9.17) is 9.47 Å². The Hall–Kier alpha value is -1.35. The van der Waals surface area contributed by atoms with Crippen LogP contribution in [0.5, 0.6) is 0 Å². The van der Waals surface area contributed by atoms with Crippen molar-refractivity contribution < 1.29 is 14.3 Å². The average molecular weight is 250 g/mol. The summed E-state index contributed by atoms with van der Waals surface area (Å²) in [7, 11) is 1.40. The zero-order valence-corrected chi connectivity index (χ0v) is 11.4. The van der Waals surface area contributed by atoms with E-state index < -0.39 is 5.41 Å². The number of ether oxygens (including phenoxy) is 2. The van der Waals surface area contributed by atoms with E-state index in [0.717, 1.165) is 12.8 Å². The highest BCUT2D eigenvalue weighted by Gasteiger charge is 2.28. The van der Waals surface area contributed by atoms with Gasteiger partial charge in [-0.3, -0.25) is 4.79 Å². The molecule has 0 fully saturated rings. The van der Waals surface area contributed by atoms with Crippen LogP contribution in [0.25, 0.3) is 0 Å². The lowest BCUT2D eigenvalue weighted by Gasteiger charge is -2.21. The molecule has 1 rings (SSSR count). The lowest BCUT2D eigenvalue weighted by molar-refractivity contribution is -0.154. The maximum Gasteiger partial charge on any atom is 0.313 e. The molecule has 0 saturated carbocycles. The normalized spacial score (nSPS) is 11.3. The van der Waals surface area contributed by atoms with E-state index in [0.29, 0.717) is 13.2 Å². The molecule has 0 aliphatic rings. The predicted octanol–water partition coefficient (Wildman–Crippen LogP) is 2.84. The van der Waals surface area contributed by atoms with E-state index in [1.807, 2.05) is 32.0 Å². The van der Waals surface area contributed by atoms with Crippen LogP contribution < -0.4 is 0 Å². The Morgan fingerprint density at radius 2 is 1.89 bits per heavy atom. The standard InChI is InChI=1S/C15H22O3/c1-15(2,14(16)17-3)12-18-11-7-10-13-8-5-4-6-9-13/h4-6,8-9H,7,10-12H2,1-3H3. The van der Waals surface area contributed by atoms with Gasteiger partial charge in [-0.2, -0.15) is 0 Å². The van der Waals surface area contributed by atoms with Crippen molar-refractivity contribution in [3.05, 3.63) is 35.9 Å². The number of rotatable bonds is 7. The molecule has 0 radical (unpaired) electrons. The monoisotopic (exact) mass is 250 g/mol. The van der Waals surface area contributed by atoms with Crippen molar-refractivity contribution in [3.8, 4) is 0 Å². The van der Waals surface area contributed by atoms with E-state index in [2.05, 4.69) is 12.1 Å². The molecule has 18 heavy (non-hydrogen) atoms. The van der Waals surface area contributed by atoms with Crippen molar-refractivity contribution >= 4 is 5.97 Å². The second kappa shape index (κ2) is 7.17. The topological polar surface area (TPSA) is 35.5 Å². The van der Waals surface area contributed by atoms with Crippen molar-refractivity contribution in [2.45, 2.75) is 26.7 Å². The lowest BCUT2D eigenvalue weighted by atomic mass is 9.95. The van der Waals surface area contributed by atoms with Crippen LogP contribution in [0.1, 0.15) is 25.8 Å². The summed E-state index contributed by atoms with van der Waals surface area (Å²) < 4.78 is 10.3. The summed E-state index contributed by atoms with van der Waals surface area (Å²) in [4.78, 5) is 11.4. The first-order valence-electron chi connectivity index (χ1n) is 6.26. The summed E-state index contributed by atoms with van der Waals surface area (Å²) in [5.41, 5.74) is 0.745. The minimum atomic E-state index is -0.568. The van der Waals surface area contributed by atoms with Crippen molar-refractivity contribution in [2.75, 3.05) is 20.3 Å². The molecule has 3 heteroatoms. The first-order valence-corrected chi connectivity index (χ1v) is 6.26. The van der Waals surface area contributed by atoms with E-state index >= 15 is 0 Å². The first-order chi connectivity index (χ1) is 8.56. The van der Waals surface area contributed by atoms with Crippen molar-refractivity contribution in [3.63, 3.8) is 0 Å². The van der Waals surface area contributed by atoms with E-state index in [1.165, 1.54) is 12.7 Å². The summed E-state index contributed by atoms with van der Waals surface area (Å²) in [6.07, 6.45) is 1.96. The van der Waals surface area contributed by atoms with Crippen LogP contribution in [0.4, 0.5) is 0 Å². The molecule has 0 N–H and O–H groups in total. The molecule has 0 unspecified atom stereocenters. The lowest BCUT2D eigenvalue weighted by Crippen LogP contribution is -2.31. The highest BCUT2D eigenvalue weighted by atomic mass is 16.5. The summed E-state index contributed by atoms with van der Waals surface area (Å²) in [5, 5.41) is 0. The molecule has 0 aromatic heterocycles. The minimum Gasteiger partial charge on any atom is -0.469 e. The summed E-state index contributed by atoms with van der Waals surface area (Å²) in [6, 6.07) is 10.3. The van der Waals surface area contributed by atoms with Crippen LogP contribution in [0.2, 0.25) is 0 Å². The fraction of sp³-hybridized carbons (Fsp3) is 0.533. The van der Waals surface area contributed by atoms with Gasteiger partial charge in [0.2, 0.25) is 0 Å². The van der Waals surface area contributed by atoms with Gasteiger partial charge in [-0.15, -0.1) is 0 Å². The van der Waals surface area contributed by atoms with Gasteiger partial charge in [0.05, 0.1) is 19.1 Å². The minimum absolute atomic E-state index is 0.231. The van der Waals surface area contributed by atoms with Crippen molar-refractivity contribution in [1.82, 2.24) is 0 Å². The van der Waals surface area contributed by atoms with Crippen LogP contribution in [0.15, 0.2) is 30.3 Å². The summed E-state index contributed by atoms with van der Waals surface area (Å²) in [5.74, 6) is -0.231. The molecule has 0 bridgehead atoms. The number of carbonyl (C=O) groups excluding carboxylic acids is 1. The molecule has 0 atom stereocenters. The zero-order chi connectivity index (χ0) is 13.4. The van der Waals surface area contributed by atoms with Gasteiger partial charge in [0, 0.05) is 6.61 Å². The second-order valence-corrected chi connectivity index (χ2v) is 5.02. The first kappa shape index (κ1) is 14.7. The SMILES string of the molecule is COC(=O)C(C)(C)COCCCc1ccccc1. The quantitative estimate of drug-likeness (QED) is 0.551. The van der Waals surface area contributed by atoms with Gasteiger partial charge >= 0.3 is 5.97 Å². The molecule has 0 heterocycles. The Labute approximate surface area is 109 Å². The van der Waals surface area contributed by atoms with Gasteiger partial charge in [-0.05, 0) is 32.3 Å². The number of benzene rings is 1. The van der Waals surface area contributed by atoms with Crippen LogP contribution in [-0.4, -0.2) is 26.3 Å².